The molecule has 0 aliphatic carbocycles. The van der Waals surface area contributed by atoms with Crippen molar-refractivity contribution in [2.24, 2.45) is 11.3 Å². The number of rotatable bonds is 5. The Bertz CT molecular complexity index is 300. The SMILES string of the molecule is CCCNC(=O)C1CCCN(CC2(C)CCNC2)C1. The first-order valence-electron chi connectivity index (χ1n) is 7.84. The molecular weight excluding hydrogens is 238 g/mol. The first-order chi connectivity index (χ1) is 9.13. The number of carbonyl (C=O) groups excluding carboxylic acids is 1. The zero-order valence-corrected chi connectivity index (χ0v) is 12.5. The molecule has 0 bridgehead atoms. The van der Waals surface area contributed by atoms with Gasteiger partial charge in [0.25, 0.3) is 0 Å². The van der Waals surface area contributed by atoms with Crippen LogP contribution in [0.5, 0.6) is 0 Å². The monoisotopic (exact) mass is 267 g/mol. The predicted octanol–water partition coefficient (Wildman–Crippen LogP) is 1.22. The van der Waals surface area contributed by atoms with Crippen LogP contribution in [-0.2, 0) is 4.79 Å². The Labute approximate surface area is 117 Å². The fraction of sp³-hybridized carbons (Fsp3) is 0.933. The van der Waals surface area contributed by atoms with Gasteiger partial charge >= 0.3 is 0 Å². The minimum atomic E-state index is 0.207. The normalized spacial score (nSPS) is 32.4. The van der Waals surface area contributed by atoms with Crippen LogP contribution < -0.4 is 10.6 Å². The fourth-order valence-electron chi connectivity index (χ4n) is 3.35. The molecule has 2 saturated heterocycles. The highest BCUT2D eigenvalue weighted by molar-refractivity contribution is 5.78. The molecular formula is C15H29N3O. The topological polar surface area (TPSA) is 44.4 Å². The van der Waals surface area contributed by atoms with E-state index in [9.17, 15) is 4.79 Å². The molecule has 0 aromatic rings. The lowest BCUT2D eigenvalue weighted by Crippen LogP contribution is -2.47. The van der Waals surface area contributed by atoms with Crippen molar-refractivity contribution in [1.29, 1.82) is 0 Å². The predicted molar refractivity (Wildman–Crippen MR) is 78.1 cm³/mol. The second-order valence-electron chi connectivity index (χ2n) is 6.60. The maximum Gasteiger partial charge on any atom is 0.224 e. The van der Waals surface area contributed by atoms with Crippen molar-refractivity contribution in [2.75, 3.05) is 39.3 Å². The summed E-state index contributed by atoms with van der Waals surface area (Å²) in [6.45, 7) is 10.8. The van der Waals surface area contributed by atoms with Crippen molar-refractivity contribution in [3.05, 3.63) is 0 Å². The molecule has 2 rings (SSSR count). The Morgan fingerprint density at radius 3 is 3.05 bits per heavy atom. The Morgan fingerprint density at radius 2 is 2.37 bits per heavy atom. The lowest BCUT2D eigenvalue weighted by Gasteiger charge is -2.37. The van der Waals surface area contributed by atoms with E-state index in [-0.39, 0.29) is 11.8 Å². The molecule has 2 heterocycles. The van der Waals surface area contributed by atoms with Gasteiger partial charge in [-0.25, -0.2) is 0 Å². The maximum absolute atomic E-state index is 12.1. The second kappa shape index (κ2) is 6.71. The molecule has 0 radical (unpaired) electrons. The molecule has 0 saturated carbocycles. The van der Waals surface area contributed by atoms with E-state index < -0.39 is 0 Å². The number of piperidine rings is 1. The number of nitrogens with zero attached hydrogens (tertiary/aromatic N) is 1. The number of hydrogen-bond donors (Lipinski definition) is 2. The minimum absolute atomic E-state index is 0.207. The van der Waals surface area contributed by atoms with Crippen molar-refractivity contribution in [3.63, 3.8) is 0 Å². The van der Waals surface area contributed by atoms with Gasteiger partial charge in [0.05, 0.1) is 5.92 Å². The highest BCUT2D eigenvalue weighted by atomic mass is 16.1. The molecule has 2 aliphatic rings. The largest absolute Gasteiger partial charge is 0.356 e. The van der Waals surface area contributed by atoms with E-state index >= 15 is 0 Å². The third kappa shape index (κ3) is 4.18. The lowest BCUT2D eigenvalue weighted by atomic mass is 9.87. The van der Waals surface area contributed by atoms with E-state index in [1.165, 1.54) is 6.42 Å². The van der Waals surface area contributed by atoms with Gasteiger partial charge in [0.2, 0.25) is 5.91 Å². The third-order valence-electron chi connectivity index (χ3n) is 4.49. The average molecular weight is 267 g/mol. The van der Waals surface area contributed by atoms with Gasteiger partial charge in [-0.15, -0.1) is 0 Å². The molecule has 2 fully saturated rings. The summed E-state index contributed by atoms with van der Waals surface area (Å²) in [5, 5.41) is 6.51. The number of hydrogen-bond acceptors (Lipinski definition) is 3. The Hall–Kier alpha value is -0.610. The molecule has 110 valence electrons. The second-order valence-corrected chi connectivity index (χ2v) is 6.60. The highest BCUT2D eigenvalue weighted by Crippen LogP contribution is 2.28. The van der Waals surface area contributed by atoms with Crippen molar-refractivity contribution in [2.45, 2.75) is 39.5 Å². The molecule has 2 aliphatic heterocycles. The fourth-order valence-corrected chi connectivity index (χ4v) is 3.35. The summed E-state index contributed by atoms with van der Waals surface area (Å²) < 4.78 is 0. The summed E-state index contributed by atoms with van der Waals surface area (Å²) in [5.41, 5.74) is 0.405. The molecule has 0 aromatic carbocycles. The van der Waals surface area contributed by atoms with Gasteiger partial charge in [0, 0.05) is 26.2 Å². The van der Waals surface area contributed by atoms with Crippen LogP contribution in [0.15, 0.2) is 0 Å². The quantitative estimate of drug-likeness (QED) is 0.787. The first-order valence-corrected chi connectivity index (χ1v) is 7.84. The number of likely N-dealkylation sites (tertiary alicyclic amines) is 1. The zero-order valence-electron chi connectivity index (χ0n) is 12.5. The van der Waals surface area contributed by atoms with E-state index in [2.05, 4.69) is 29.4 Å². The van der Waals surface area contributed by atoms with E-state index in [4.69, 9.17) is 0 Å². The van der Waals surface area contributed by atoms with E-state index in [1.54, 1.807) is 0 Å². The molecule has 4 nitrogen and oxygen atoms in total. The van der Waals surface area contributed by atoms with Crippen LogP contribution in [0, 0.1) is 11.3 Å². The van der Waals surface area contributed by atoms with Crippen LogP contribution in [0.4, 0.5) is 0 Å². The first kappa shape index (κ1) is 14.8. The Morgan fingerprint density at radius 1 is 1.53 bits per heavy atom. The van der Waals surface area contributed by atoms with Gasteiger partial charge in [-0.1, -0.05) is 13.8 Å². The standard InChI is InChI=1S/C15H29N3O/c1-3-7-17-14(19)13-5-4-9-18(10-13)12-15(2)6-8-16-11-15/h13,16H,3-12H2,1-2H3,(H,17,19). The number of nitrogens with one attached hydrogen (secondary N) is 2. The maximum atomic E-state index is 12.1. The van der Waals surface area contributed by atoms with Gasteiger partial charge in [-0.05, 0) is 44.2 Å². The van der Waals surface area contributed by atoms with Crippen LogP contribution in [0.2, 0.25) is 0 Å². The molecule has 19 heavy (non-hydrogen) atoms. The highest BCUT2D eigenvalue weighted by Gasteiger charge is 2.33. The lowest BCUT2D eigenvalue weighted by molar-refractivity contribution is -0.126. The van der Waals surface area contributed by atoms with Crippen LogP contribution in [0.25, 0.3) is 0 Å². The summed E-state index contributed by atoms with van der Waals surface area (Å²) >= 11 is 0. The van der Waals surface area contributed by atoms with Crippen molar-refractivity contribution >= 4 is 5.91 Å². The van der Waals surface area contributed by atoms with Crippen LogP contribution in [0.3, 0.4) is 0 Å². The van der Waals surface area contributed by atoms with Crippen LogP contribution in [-0.4, -0.2) is 50.1 Å². The summed E-state index contributed by atoms with van der Waals surface area (Å²) in [4.78, 5) is 14.6. The number of amides is 1. The molecule has 2 N–H and O–H groups in total. The van der Waals surface area contributed by atoms with Crippen molar-refractivity contribution in [3.8, 4) is 0 Å². The van der Waals surface area contributed by atoms with Gasteiger partial charge < -0.3 is 15.5 Å². The molecule has 0 aromatic heterocycles. The summed E-state index contributed by atoms with van der Waals surface area (Å²) in [6, 6.07) is 0. The summed E-state index contributed by atoms with van der Waals surface area (Å²) in [6.07, 6.45) is 4.50. The third-order valence-corrected chi connectivity index (χ3v) is 4.49. The molecule has 1 amide bonds. The van der Waals surface area contributed by atoms with E-state index in [0.29, 0.717) is 5.41 Å². The Balaban J connectivity index is 1.81. The molecule has 4 heteroatoms. The minimum Gasteiger partial charge on any atom is -0.356 e. The van der Waals surface area contributed by atoms with E-state index in [0.717, 1.165) is 58.5 Å². The van der Waals surface area contributed by atoms with Gasteiger partial charge in [-0.3, -0.25) is 4.79 Å². The average Bonchev–Trinajstić information content (AvgIpc) is 2.82. The molecule has 0 spiro atoms. The van der Waals surface area contributed by atoms with E-state index in [1.807, 2.05) is 0 Å². The van der Waals surface area contributed by atoms with Crippen molar-refractivity contribution < 1.29 is 4.79 Å². The molecule has 2 unspecified atom stereocenters. The van der Waals surface area contributed by atoms with Crippen LogP contribution in [0.1, 0.15) is 39.5 Å². The summed E-state index contributed by atoms with van der Waals surface area (Å²) in [7, 11) is 0. The summed E-state index contributed by atoms with van der Waals surface area (Å²) in [5.74, 6) is 0.472. The van der Waals surface area contributed by atoms with Gasteiger partial charge in [0.1, 0.15) is 0 Å². The zero-order chi connectivity index (χ0) is 13.7. The van der Waals surface area contributed by atoms with Gasteiger partial charge in [-0.2, -0.15) is 0 Å². The number of carbonyl (C=O) groups is 1. The Kier molecular flexibility index (Phi) is 5.22. The smallest absolute Gasteiger partial charge is 0.224 e. The van der Waals surface area contributed by atoms with Crippen LogP contribution >= 0.6 is 0 Å². The van der Waals surface area contributed by atoms with Crippen molar-refractivity contribution in [1.82, 2.24) is 15.5 Å². The van der Waals surface area contributed by atoms with Gasteiger partial charge in [0.15, 0.2) is 0 Å². The molecule has 2 atom stereocenters.